The molecule has 0 aromatic heterocycles. The number of aromatic hydroxyl groups is 1. The first-order valence-corrected chi connectivity index (χ1v) is 9.14. The Morgan fingerprint density at radius 1 is 1.26 bits per heavy atom. The maximum Gasteiger partial charge on any atom is 0.310 e. The fraction of sp³-hybridized carbons (Fsp3) is 0.526. The molecule has 1 aliphatic heterocycles. The SMILES string of the molecule is CCNC(=NCCNC(=O)c1ccc(O)cc1)N1CC(C)C(C(=O)OC)C1. The van der Waals surface area contributed by atoms with Crippen LogP contribution in [0.4, 0.5) is 0 Å². The van der Waals surface area contributed by atoms with E-state index in [0.717, 1.165) is 12.5 Å². The van der Waals surface area contributed by atoms with E-state index in [1.807, 2.05) is 13.8 Å². The Kier molecular flexibility index (Phi) is 7.45. The number of rotatable bonds is 6. The van der Waals surface area contributed by atoms with Gasteiger partial charge in [0.25, 0.3) is 5.91 Å². The number of aliphatic imine (C=N–C) groups is 1. The van der Waals surface area contributed by atoms with Crippen LogP contribution in [0.1, 0.15) is 24.2 Å². The number of hydrogen-bond donors (Lipinski definition) is 3. The van der Waals surface area contributed by atoms with Crippen molar-refractivity contribution in [3.8, 4) is 5.75 Å². The van der Waals surface area contributed by atoms with Crippen molar-refractivity contribution in [2.45, 2.75) is 13.8 Å². The largest absolute Gasteiger partial charge is 0.508 e. The summed E-state index contributed by atoms with van der Waals surface area (Å²) in [5.41, 5.74) is 0.484. The summed E-state index contributed by atoms with van der Waals surface area (Å²) in [7, 11) is 1.41. The van der Waals surface area contributed by atoms with Crippen LogP contribution in [-0.2, 0) is 9.53 Å². The molecule has 8 heteroatoms. The third kappa shape index (κ3) is 5.60. The monoisotopic (exact) mass is 376 g/mol. The molecule has 27 heavy (non-hydrogen) atoms. The zero-order chi connectivity index (χ0) is 19.8. The highest BCUT2D eigenvalue weighted by molar-refractivity contribution is 5.94. The van der Waals surface area contributed by atoms with E-state index in [2.05, 4.69) is 20.5 Å². The number of phenols is 1. The van der Waals surface area contributed by atoms with Crippen LogP contribution in [0, 0.1) is 11.8 Å². The number of carbonyl (C=O) groups is 2. The minimum atomic E-state index is -0.212. The Morgan fingerprint density at radius 2 is 1.96 bits per heavy atom. The van der Waals surface area contributed by atoms with Gasteiger partial charge in [-0.3, -0.25) is 14.6 Å². The lowest BCUT2D eigenvalue weighted by Crippen LogP contribution is -2.41. The zero-order valence-corrected chi connectivity index (χ0v) is 16.1. The highest BCUT2D eigenvalue weighted by atomic mass is 16.5. The minimum absolute atomic E-state index is 0.122. The van der Waals surface area contributed by atoms with Crippen LogP contribution in [0.15, 0.2) is 29.3 Å². The molecule has 0 bridgehead atoms. The van der Waals surface area contributed by atoms with Gasteiger partial charge in [0.2, 0.25) is 0 Å². The minimum Gasteiger partial charge on any atom is -0.508 e. The normalized spacial score (nSPS) is 19.7. The van der Waals surface area contributed by atoms with Crippen molar-refractivity contribution in [1.29, 1.82) is 0 Å². The van der Waals surface area contributed by atoms with Crippen LogP contribution < -0.4 is 10.6 Å². The molecular formula is C19H28N4O4. The standard InChI is InChI=1S/C19H28N4O4/c1-4-20-19(23-11-13(2)16(12-23)18(26)27-3)22-10-9-21-17(25)14-5-7-15(24)8-6-14/h5-8,13,16,24H,4,9-12H2,1-3H3,(H,20,22)(H,21,25). The van der Waals surface area contributed by atoms with Crippen molar-refractivity contribution in [2.24, 2.45) is 16.8 Å². The van der Waals surface area contributed by atoms with Crippen LogP contribution in [-0.4, -0.2) is 67.7 Å². The van der Waals surface area contributed by atoms with Crippen LogP contribution >= 0.6 is 0 Å². The van der Waals surface area contributed by atoms with Crippen molar-refractivity contribution in [3.63, 3.8) is 0 Å². The number of esters is 1. The molecule has 3 N–H and O–H groups in total. The second-order valence-electron chi connectivity index (χ2n) is 6.55. The van der Waals surface area contributed by atoms with Gasteiger partial charge in [-0.1, -0.05) is 6.92 Å². The van der Waals surface area contributed by atoms with Crippen LogP contribution in [0.3, 0.4) is 0 Å². The van der Waals surface area contributed by atoms with E-state index in [4.69, 9.17) is 4.74 Å². The second kappa shape index (κ2) is 9.80. The number of amides is 1. The molecule has 2 atom stereocenters. The van der Waals surface area contributed by atoms with Crippen LogP contribution in [0.5, 0.6) is 5.75 Å². The van der Waals surface area contributed by atoms with E-state index in [1.54, 1.807) is 12.1 Å². The number of carbonyl (C=O) groups excluding carboxylic acids is 2. The Balaban J connectivity index is 1.89. The molecule has 2 unspecified atom stereocenters. The van der Waals surface area contributed by atoms with Crippen molar-refractivity contribution in [1.82, 2.24) is 15.5 Å². The molecule has 0 aliphatic carbocycles. The van der Waals surface area contributed by atoms with E-state index in [9.17, 15) is 14.7 Å². The van der Waals surface area contributed by atoms with Gasteiger partial charge < -0.3 is 25.4 Å². The first kappa shape index (κ1) is 20.5. The van der Waals surface area contributed by atoms with Gasteiger partial charge in [0.1, 0.15) is 5.75 Å². The van der Waals surface area contributed by atoms with E-state index < -0.39 is 0 Å². The van der Waals surface area contributed by atoms with Gasteiger partial charge in [-0.25, -0.2) is 0 Å². The fourth-order valence-corrected chi connectivity index (χ4v) is 3.07. The number of hydrogen-bond acceptors (Lipinski definition) is 5. The molecule has 0 saturated carbocycles. The summed E-state index contributed by atoms with van der Waals surface area (Å²) in [5.74, 6) is 0.479. The number of benzene rings is 1. The summed E-state index contributed by atoms with van der Waals surface area (Å²) in [5, 5.41) is 15.3. The Bertz CT molecular complexity index is 675. The summed E-state index contributed by atoms with van der Waals surface area (Å²) in [6.45, 7) is 6.83. The second-order valence-corrected chi connectivity index (χ2v) is 6.55. The number of ether oxygens (including phenoxy) is 1. The lowest BCUT2D eigenvalue weighted by atomic mass is 9.99. The molecule has 1 saturated heterocycles. The van der Waals surface area contributed by atoms with Crippen molar-refractivity contribution < 1.29 is 19.4 Å². The molecule has 1 aromatic rings. The molecule has 1 aliphatic rings. The summed E-state index contributed by atoms with van der Waals surface area (Å²) >= 11 is 0. The maximum atomic E-state index is 12.1. The van der Waals surface area contributed by atoms with Crippen molar-refractivity contribution in [2.75, 3.05) is 39.8 Å². The Labute approximate surface area is 159 Å². The number of likely N-dealkylation sites (tertiary alicyclic amines) is 1. The Hall–Kier alpha value is -2.77. The highest BCUT2D eigenvalue weighted by Gasteiger charge is 2.36. The highest BCUT2D eigenvalue weighted by Crippen LogP contribution is 2.24. The number of phenolic OH excluding ortho intramolecular Hbond substituents is 1. The molecule has 2 rings (SSSR count). The quantitative estimate of drug-likeness (QED) is 0.294. The number of guanidine groups is 1. The molecule has 0 spiro atoms. The van der Waals surface area contributed by atoms with Crippen molar-refractivity contribution >= 4 is 17.8 Å². The molecular weight excluding hydrogens is 348 g/mol. The zero-order valence-electron chi connectivity index (χ0n) is 16.1. The third-order valence-electron chi connectivity index (χ3n) is 4.54. The summed E-state index contributed by atoms with van der Waals surface area (Å²) < 4.78 is 4.88. The third-order valence-corrected chi connectivity index (χ3v) is 4.54. The van der Waals surface area contributed by atoms with Gasteiger partial charge in [0.15, 0.2) is 5.96 Å². The molecule has 1 heterocycles. The lowest BCUT2D eigenvalue weighted by Gasteiger charge is -2.21. The molecule has 1 amide bonds. The predicted octanol–water partition coefficient (Wildman–Crippen LogP) is 0.828. The average molecular weight is 376 g/mol. The molecule has 148 valence electrons. The van der Waals surface area contributed by atoms with E-state index >= 15 is 0 Å². The van der Waals surface area contributed by atoms with Crippen molar-refractivity contribution in [3.05, 3.63) is 29.8 Å². The average Bonchev–Trinajstić information content (AvgIpc) is 3.05. The topological polar surface area (TPSA) is 103 Å². The molecule has 1 aromatic carbocycles. The molecule has 1 fully saturated rings. The van der Waals surface area contributed by atoms with E-state index in [-0.39, 0.29) is 29.5 Å². The maximum absolute atomic E-state index is 12.1. The van der Waals surface area contributed by atoms with Crippen LogP contribution in [0.2, 0.25) is 0 Å². The molecule has 0 radical (unpaired) electrons. The number of methoxy groups -OCH3 is 1. The van der Waals surface area contributed by atoms with Gasteiger partial charge in [0, 0.05) is 31.7 Å². The van der Waals surface area contributed by atoms with Gasteiger partial charge in [-0.15, -0.1) is 0 Å². The van der Waals surface area contributed by atoms with Gasteiger partial charge in [-0.05, 0) is 37.1 Å². The van der Waals surface area contributed by atoms with Crippen LogP contribution in [0.25, 0.3) is 0 Å². The van der Waals surface area contributed by atoms with Gasteiger partial charge in [-0.2, -0.15) is 0 Å². The first-order chi connectivity index (χ1) is 13.0. The summed E-state index contributed by atoms with van der Waals surface area (Å²) in [4.78, 5) is 30.5. The van der Waals surface area contributed by atoms with E-state index in [0.29, 0.717) is 31.7 Å². The van der Waals surface area contributed by atoms with E-state index in [1.165, 1.54) is 19.2 Å². The summed E-state index contributed by atoms with van der Waals surface area (Å²) in [6.07, 6.45) is 0. The van der Waals surface area contributed by atoms with Gasteiger partial charge >= 0.3 is 5.97 Å². The summed E-state index contributed by atoms with van der Waals surface area (Å²) in [6, 6.07) is 6.08. The fourth-order valence-electron chi connectivity index (χ4n) is 3.07. The predicted molar refractivity (Wildman–Crippen MR) is 103 cm³/mol. The molecule has 8 nitrogen and oxygen atoms in total. The van der Waals surface area contributed by atoms with Gasteiger partial charge in [0.05, 0.1) is 19.6 Å². The lowest BCUT2D eigenvalue weighted by molar-refractivity contribution is -0.145. The number of nitrogens with one attached hydrogen (secondary N) is 2. The first-order valence-electron chi connectivity index (χ1n) is 9.14. The number of nitrogens with zero attached hydrogens (tertiary/aromatic N) is 2. The Morgan fingerprint density at radius 3 is 2.59 bits per heavy atom. The smallest absolute Gasteiger partial charge is 0.310 e.